The molecule has 1 aliphatic heterocycles. The highest BCUT2D eigenvalue weighted by atomic mass is 19.1. The van der Waals surface area contributed by atoms with Gasteiger partial charge in [-0.25, -0.2) is 4.39 Å². The molecule has 114 valence electrons. The maximum atomic E-state index is 14.2. The highest BCUT2D eigenvalue weighted by Crippen LogP contribution is 2.38. The molecule has 0 unspecified atom stereocenters. The van der Waals surface area contributed by atoms with E-state index in [1.807, 2.05) is 52.0 Å². The predicted octanol–water partition coefficient (Wildman–Crippen LogP) is 3.72. The molecule has 3 nitrogen and oxygen atoms in total. The normalized spacial score (nSPS) is 20.7. The average Bonchev–Trinajstić information content (AvgIpc) is 2.65. The van der Waals surface area contributed by atoms with E-state index in [0.29, 0.717) is 6.42 Å². The molecule has 0 spiro atoms. The number of hydrogen-bond donors (Lipinski definition) is 0. The fourth-order valence-electron chi connectivity index (χ4n) is 2.03. The zero-order chi connectivity index (χ0) is 15.7. The van der Waals surface area contributed by atoms with Crippen molar-refractivity contribution < 1.29 is 18.4 Å². The number of halogens is 1. The summed E-state index contributed by atoms with van der Waals surface area (Å²) in [4.78, 5) is 0. The van der Waals surface area contributed by atoms with Gasteiger partial charge < -0.3 is 14.0 Å². The van der Waals surface area contributed by atoms with Crippen molar-refractivity contribution in [2.24, 2.45) is 0 Å². The Kier molecular flexibility index (Phi) is 4.44. The molecule has 0 amide bonds. The van der Waals surface area contributed by atoms with Gasteiger partial charge in [0, 0.05) is 0 Å². The summed E-state index contributed by atoms with van der Waals surface area (Å²) in [5, 5.41) is 0. The Morgan fingerprint density at radius 3 is 2.14 bits per heavy atom. The van der Waals surface area contributed by atoms with Gasteiger partial charge in [0.15, 0.2) is 0 Å². The van der Waals surface area contributed by atoms with Crippen molar-refractivity contribution in [1.82, 2.24) is 0 Å². The monoisotopic (exact) mass is 292 g/mol. The molecule has 0 bridgehead atoms. The standard InChI is InChI=1S/C16H22BFO3/c1-15(2)16(3,4)21-17(20-15)14(18)11-8-12-6-9-13(19-5)10-7-12/h6-7,9-11H,8H2,1-5H3. The lowest BCUT2D eigenvalue weighted by Crippen LogP contribution is -2.41. The lowest BCUT2D eigenvalue weighted by molar-refractivity contribution is 0.00578. The van der Waals surface area contributed by atoms with Crippen molar-refractivity contribution in [3.05, 3.63) is 41.6 Å². The molecule has 0 N–H and O–H groups in total. The summed E-state index contributed by atoms with van der Waals surface area (Å²) in [5.74, 6) is 0.786. The molecule has 0 saturated carbocycles. The van der Waals surface area contributed by atoms with Gasteiger partial charge in [-0.1, -0.05) is 18.2 Å². The summed E-state index contributed by atoms with van der Waals surface area (Å²) in [6.45, 7) is 7.63. The zero-order valence-electron chi connectivity index (χ0n) is 13.3. The Bertz CT molecular complexity index is 507. The van der Waals surface area contributed by atoms with Crippen LogP contribution in [-0.2, 0) is 15.7 Å². The first-order valence-electron chi connectivity index (χ1n) is 7.09. The first-order valence-corrected chi connectivity index (χ1v) is 7.09. The summed E-state index contributed by atoms with van der Waals surface area (Å²) in [5.41, 5.74) is -0.432. The van der Waals surface area contributed by atoms with Crippen LogP contribution in [0.4, 0.5) is 4.39 Å². The fourth-order valence-corrected chi connectivity index (χ4v) is 2.03. The summed E-state index contributed by atoms with van der Waals surface area (Å²) < 4.78 is 30.6. The van der Waals surface area contributed by atoms with Gasteiger partial charge in [-0.05, 0) is 51.8 Å². The molecule has 1 saturated heterocycles. The van der Waals surface area contributed by atoms with Crippen LogP contribution in [0.15, 0.2) is 36.1 Å². The number of benzene rings is 1. The van der Waals surface area contributed by atoms with Crippen LogP contribution in [-0.4, -0.2) is 25.4 Å². The number of ether oxygens (including phenoxy) is 1. The third-order valence-corrected chi connectivity index (χ3v) is 4.17. The minimum absolute atomic E-state index is 0.385. The maximum Gasteiger partial charge on any atom is 0.524 e. The van der Waals surface area contributed by atoms with Crippen LogP contribution in [0.1, 0.15) is 33.3 Å². The summed E-state index contributed by atoms with van der Waals surface area (Å²) in [6, 6.07) is 7.53. The van der Waals surface area contributed by atoms with Gasteiger partial charge in [0.05, 0.1) is 18.3 Å². The van der Waals surface area contributed by atoms with E-state index in [4.69, 9.17) is 14.0 Å². The lowest BCUT2D eigenvalue weighted by atomic mass is 9.87. The molecule has 5 heteroatoms. The van der Waals surface area contributed by atoms with Crippen LogP contribution in [0.5, 0.6) is 5.75 Å². The van der Waals surface area contributed by atoms with E-state index >= 15 is 0 Å². The highest BCUT2D eigenvalue weighted by molar-refractivity contribution is 6.53. The lowest BCUT2D eigenvalue weighted by Gasteiger charge is -2.32. The molecule has 1 fully saturated rings. The van der Waals surface area contributed by atoms with Crippen LogP contribution in [0.3, 0.4) is 0 Å². The Labute approximate surface area is 126 Å². The molecule has 2 rings (SSSR count). The van der Waals surface area contributed by atoms with Crippen LogP contribution < -0.4 is 4.74 Å². The molecule has 1 heterocycles. The highest BCUT2D eigenvalue weighted by Gasteiger charge is 2.52. The van der Waals surface area contributed by atoms with Gasteiger partial charge in [-0.3, -0.25) is 0 Å². The van der Waals surface area contributed by atoms with Gasteiger partial charge in [-0.2, -0.15) is 0 Å². The number of hydrogen-bond acceptors (Lipinski definition) is 3. The molecule has 0 aliphatic carbocycles. The third kappa shape index (κ3) is 3.47. The van der Waals surface area contributed by atoms with Gasteiger partial charge in [0.1, 0.15) is 11.5 Å². The first kappa shape index (κ1) is 16.1. The molecule has 0 aromatic heterocycles. The predicted molar refractivity (Wildman–Crippen MR) is 82.0 cm³/mol. The molecule has 0 atom stereocenters. The van der Waals surface area contributed by atoms with Crippen LogP contribution in [0.25, 0.3) is 0 Å². The second kappa shape index (κ2) is 5.81. The van der Waals surface area contributed by atoms with Crippen molar-refractivity contribution >= 4 is 7.12 Å². The summed E-state index contributed by atoms with van der Waals surface area (Å²) in [6.07, 6.45) is 1.99. The molecule has 0 radical (unpaired) electrons. The van der Waals surface area contributed by atoms with Crippen molar-refractivity contribution in [2.75, 3.05) is 7.11 Å². The third-order valence-electron chi connectivity index (χ3n) is 4.17. The van der Waals surface area contributed by atoms with Crippen LogP contribution in [0, 0.1) is 0 Å². The first-order chi connectivity index (χ1) is 9.75. The average molecular weight is 292 g/mol. The summed E-state index contributed by atoms with van der Waals surface area (Å²) in [7, 11) is 0.695. The zero-order valence-corrected chi connectivity index (χ0v) is 13.3. The number of methoxy groups -OCH3 is 1. The Hall–Kier alpha value is -1.33. The second-order valence-corrected chi connectivity index (χ2v) is 6.23. The van der Waals surface area contributed by atoms with E-state index in [9.17, 15) is 4.39 Å². The van der Waals surface area contributed by atoms with E-state index in [-0.39, 0.29) is 5.73 Å². The van der Waals surface area contributed by atoms with E-state index < -0.39 is 18.3 Å². The Balaban J connectivity index is 2.01. The SMILES string of the molecule is COc1ccc(CC=C(F)B2OC(C)(C)C(C)(C)O2)cc1. The van der Waals surface area contributed by atoms with Crippen molar-refractivity contribution in [1.29, 1.82) is 0 Å². The minimum atomic E-state index is -0.923. The van der Waals surface area contributed by atoms with Gasteiger partial charge in [0.2, 0.25) is 0 Å². The molecule has 1 aromatic carbocycles. The van der Waals surface area contributed by atoms with E-state index in [2.05, 4.69) is 0 Å². The van der Waals surface area contributed by atoms with Gasteiger partial charge in [-0.15, -0.1) is 0 Å². The minimum Gasteiger partial charge on any atom is -0.497 e. The topological polar surface area (TPSA) is 27.7 Å². The van der Waals surface area contributed by atoms with Crippen LogP contribution in [0.2, 0.25) is 0 Å². The number of rotatable bonds is 4. The largest absolute Gasteiger partial charge is 0.524 e. The fraction of sp³-hybridized carbons (Fsp3) is 0.500. The maximum absolute atomic E-state index is 14.2. The second-order valence-electron chi connectivity index (χ2n) is 6.23. The molecular weight excluding hydrogens is 270 g/mol. The van der Waals surface area contributed by atoms with E-state index in [0.717, 1.165) is 11.3 Å². The van der Waals surface area contributed by atoms with Crippen molar-refractivity contribution in [3.8, 4) is 5.75 Å². The number of allylic oxidation sites excluding steroid dienone is 1. The molecule has 1 aromatic rings. The van der Waals surface area contributed by atoms with E-state index in [1.165, 1.54) is 6.08 Å². The van der Waals surface area contributed by atoms with Gasteiger partial charge in [0.25, 0.3) is 0 Å². The molecule has 1 aliphatic rings. The van der Waals surface area contributed by atoms with Crippen molar-refractivity contribution in [3.63, 3.8) is 0 Å². The Morgan fingerprint density at radius 1 is 1.14 bits per heavy atom. The van der Waals surface area contributed by atoms with Gasteiger partial charge >= 0.3 is 7.12 Å². The Morgan fingerprint density at radius 2 is 1.67 bits per heavy atom. The quantitative estimate of drug-likeness (QED) is 0.792. The van der Waals surface area contributed by atoms with Crippen LogP contribution >= 0.6 is 0 Å². The molecule has 21 heavy (non-hydrogen) atoms. The smallest absolute Gasteiger partial charge is 0.497 e. The van der Waals surface area contributed by atoms with E-state index in [1.54, 1.807) is 7.11 Å². The molecular formula is C16H22BFO3. The summed E-state index contributed by atoms with van der Waals surface area (Å²) >= 11 is 0. The van der Waals surface area contributed by atoms with Crippen molar-refractivity contribution in [2.45, 2.75) is 45.3 Å².